The lowest BCUT2D eigenvalue weighted by molar-refractivity contribution is 0.276. The van der Waals surface area contributed by atoms with Gasteiger partial charge in [0.1, 0.15) is 0 Å². The van der Waals surface area contributed by atoms with Gasteiger partial charge in [-0.15, -0.1) is 0 Å². The largest absolute Gasteiger partial charge is 0.390 e. The van der Waals surface area contributed by atoms with E-state index < -0.39 is 0 Å². The van der Waals surface area contributed by atoms with E-state index in [1.807, 2.05) is 42.7 Å². The minimum absolute atomic E-state index is 0.0198. The highest BCUT2D eigenvalue weighted by Crippen LogP contribution is 2.26. The van der Waals surface area contributed by atoms with Crippen molar-refractivity contribution in [3.05, 3.63) is 72.2 Å². The number of hydrogen-bond donors (Lipinski definition) is 2. The molecular formula is C22H23N5O. The predicted octanol–water partition coefficient (Wildman–Crippen LogP) is 3.77. The van der Waals surface area contributed by atoms with Crippen molar-refractivity contribution >= 4 is 10.9 Å². The number of pyridine rings is 2. The lowest BCUT2D eigenvalue weighted by Gasteiger charge is -2.12. The average molecular weight is 373 g/mol. The van der Waals surface area contributed by atoms with Gasteiger partial charge in [-0.3, -0.25) is 4.98 Å². The molecule has 0 saturated carbocycles. The molecule has 0 aliphatic rings. The average Bonchev–Trinajstić information content (AvgIpc) is 3.17. The summed E-state index contributed by atoms with van der Waals surface area (Å²) < 4.78 is 1.78. The predicted molar refractivity (Wildman–Crippen MR) is 110 cm³/mol. The maximum Gasteiger partial charge on any atom is 0.154 e. The monoisotopic (exact) mass is 373 g/mol. The van der Waals surface area contributed by atoms with E-state index >= 15 is 0 Å². The molecule has 0 amide bonds. The Morgan fingerprint density at radius 3 is 2.86 bits per heavy atom. The van der Waals surface area contributed by atoms with E-state index in [2.05, 4.69) is 34.1 Å². The summed E-state index contributed by atoms with van der Waals surface area (Å²) in [6.07, 6.45) is 5.62. The number of aromatic nitrogens is 4. The van der Waals surface area contributed by atoms with Gasteiger partial charge in [-0.2, -0.15) is 5.10 Å². The lowest BCUT2D eigenvalue weighted by atomic mass is 10.0. The summed E-state index contributed by atoms with van der Waals surface area (Å²) in [4.78, 5) is 9.00. The molecule has 0 aliphatic carbocycles. The van der Waals surface area contributed by atoms with Crippen LogP contribution >= 0.6 is 0 Å². The minimum atomic E-state index is -0.104. The van der Waals surface area contributed by atoms with Gasteiger partial charge >= 0.3 is 0 Å². The third-order valence-corrected chi connectivity index (χ3v) is 4.85. The van der Waals surface area contributed by atoms with Gasteiger partial charge in [0.25, 0.3) is 0 Å². The minimum Gasteiger partial charge on any atom is -0.390 e. The summed E-state index contributed by atoms with van der Waals surface area (Å²) in [5.74, 6) is 0.672. The van der Waals surface area contributed by atoms with Crippen molar-refractivity contribution in [1.29, 1.82) is 0 Å². The Balaban J connectivity index is 1.77. The lowest BCUT2D eigenvalue weighted by Crippen LogP contribution is -2.09. The van der Waals surface area contributed by atoms with Crippen molar-refractivity contribution in [3.8, 4) is 17.1 Å². The molecule has 0 aliphatic heterocycles. The molecule has 28 heavy (non-hydrogen) atoms. The molecule has 3 N–H and O–H groups in total. The molecular weight excluding hydrogens is 350 g/mol. The smallest absolute Gasteiger partial charge is 0.154 e. The first-order chi connectivity index (χ1) is 13.7. The third kappa shape index (κ3) is 3.52. The Labute approximate surface area is 163 Å². The first-order valence-electron chi connectivity index (χ1n) is 9.46. The fourth-order valence-corrected chi connectivity index (χ4v) is 3.35. The maximum atomic E-state index is 9.36. The molecule has 142 valence electrons. The van der Waals surface area contributed by atoms with Crippen molar-refractivity contribution in [2.45, 2.75) is 32.4 Å². The quantitative estimate of drug-likeness (QED) is 0.537. The molecule has 0 bridgehead atoms. The van der Waals surface area contributed by atoms with Crippen molar-refractivity contribution in [2.24, 2.45) is 5.73 Å². The molecule has 0 saturated heterocycles. The topological polar surface area (TPSA) is 89.8 Å². The Kier molecular flexibility index (Phi) is 5.14. The van der Waals surface area contributed by atoms with Crippen LogP contribution in [0, 0.1) is 0 Å². The van der Waals surface area contributed by atoms with Gasteiger partial charge in [0, 0.05) is 23.2 Å². The Hall–Kier alpha value is -3.09. The zero-order chi connectivity index (χ0) is 19.5. The number of benzene rings is 1. The highest BCUT2D eigenvalue weighted by molar-refractivity contribution is 5.84. The van der Waals surface area contributed by atoms with E-state index in [1.54, 1.807) is 10.7 Å². The molecule has 0 fully saturated rings. The number of nitrogens with two attached hydrogens (primary N) is 1. The van der Waals surface area contributed by atoms with Crippen LogP contribution in [-0.2, 0) is 6.61 Å². The van der Waals surface area contributed by atoms with Crippen LogP contribution in [0.1, 0.15) is 37.1 Å². The van der Waals surface area contributed by atoms with Crippen LogP contribution in [0.4, 0.5) is 0 Å². The Morgan fingerprint density at radius 2 is 2.04 bits per heavy atom. The number of aliphatic hydroxyl groups excluding tert-OH is 1. The number of nitrogens with zero attached hydrogens (tertiary/aromatic N) is 4. The van der Waals surface area contributed by atoms with E-state index in [0.29, 0.717) is 11.5 Å². The SMILES string of the molecule is CCCC(N)c1ccnc(-c2ccc3cnn(-c4cccc(CO)n4)c3c2)c1. The molecule has 0 spiro atoms. The normalized spacial score (nSPS) is 12.4. The summed E-state index contributed by atoms with van der Waals surface area (Å²) in [5, 5.41) is 14.9. The fraction of sp³-hybridized carbons (Fsp3) is 0.227. The van der Waals surface area contributed by atoms with Crippen molar-refractivity contribution < 1.29 is 5.11 Å². The van der Waals surface area contributed by atoms with E-state index in [0.717, 1.165) is 40.6 Å². The molecule has 6 heteroatoms. The van der Waals surface area contributed by atoms with E-state index in [1.165, 1.54) is 0 Å². The van der Waals surface area contributed by atoms with Gasteiger partial charge in [-0.25, -0.2) is 9.67 Å². The summed E-state index contributed by atoms with van der Waals surface area (Å²) >= 11 is 0. The molecule has 0 radical (unpaired) electrons. The second-order valence-electron chi connectivity index (χ2n) is 6.84. The zero-order valence-corrected chi connectivity index (χ0v) is 15.8. The second kappa shape index (κ2) is 7.88. The molecule has 3 aromatic heterocycles. The van der Waals surface area contributed by atoms with E-state index in [4.69, 9.17) is 5.73 Å². The molecule has 1 atom stereocenters. The molecule has 6 nitrogen and oxygen atoms in total. The third-order valence-electron chi connectivity index (χ3n) is 4.85. The number of hydrogen-bond acceptors (Lipinski definition) is 5. The first kappa shape index (κ1) is 18.3. The maximum absolute atomic E-state index is 9.36. The first-order valence-corrected chi connectivity index (χ1v) is 9.46. The summed E-state index contributed by atoms with van der Waals surface area (Å²) in [6, 6.07) is 15.7. The van der Waals surface area contributed by atoms with E-state index in [9.17, 15) is 5.11 Å². The molecule has 1 unspecified atom stereocenters. The van der Waals surface area contributed by atoms with Crippen LogP contribution in [-0.4, -0.2) is 24.9 Å². The van der Waals surface area contributed by atoms with Crippen LogP contribution in [0.5, 0.6) is 0 Å². The van der Waals surface area contributed by atoms with Crippen LogP contribution in [0.2, 0.25) is 0 Å². The van der Waals surface area contributed by atoms with Gasteiger partial charge in [0.15, 0.2) is 5.82 Å². The van der Waals surface area contributed by atoms with Crippen molar-refractivity contribution in [2.75, 3.05) is 0 Å². The second-order valence-corrected chi connectivity index (χ2v) is 6.84. The summed E-state index contributed by atoms with van der Waals surface area (Å²) in [6.45, 7) is 2.03. The molecule has 1 aromatic carbocycles. The Bertz CT molecular complexity index is 1100. The zero-order valence-electron chi connectivity index (χ0n) is 15.8. The van der Waals surface area contributed by atoms with Gasteiger partial charge in [0.05, 0.1) is 29.7 Å². The van der Waals surface area contributed by atoms with Gasteiger partial charge in [0.2, 0.25) is 0 Å². The molecule has 4 rings (SSSR count). The number of rotatable bonds is 6. The van der Waals surface area contributed by atoms with Crippen LogP contribution in [0.3, 0.4) is 0 Å². The van der Waals surface area contributed by atoms with Gasteiger partial charge in [-0.1, -0.05) is 31.5 Å². The van der Waals surface area contributed by atoms with Gasteiger partial charge in [-0.05, 0) is 42.3 Å². The van der Waals surface area contributed by atoms with Crippen molar-refractivity contribution in [1.82, 2.24) is 19.7 Å². The van der Waals surface area contributed by atoms with Crippen LogP contribution < -0.4 is 5.73 Å². The fourth-order valence-electron chi connectivity index (χ4n) is 3.35. The summed E-state index contributed by atoms with van der Waals surface area (Å²) in [7, 11) is 0. The Morgan fingerprint density at radius 1 is 1.14 bits per heavy atom. The van der Waals surface area contributed by atoms with Crippen LogP contribution in [0.25, 0.3) is 28.0 Å². The van der Waals surface area contributed by atoms with Crippen molar-refractivity contribution in [3.63, 3.8) is 0 Å². The summed E-state index contributed by atoms with van der Waals surface area (Å²) in [5.41, 5.74) is 10.8. The molecule has 3 heterocycles. The molecule has 4 aromatic rings. The number of fused-ring (bicyclic) bond motifs is 1. The highest BCUT2D eigenvalue weighted by Gasteiger charge is 2.11. The standard InChI is InChI=1S/C22H23N5O/c1-2-4-19(23)15-9-10-24-20(11-15)16-7-8-17-13-25-27(21(17)12-16)22-6-3-5-18(14-28)26-22/h3,5-13,19,28H,2,4,14,23H2,1H3. The number of aliphatic hydroxyl groups is 1. The van der Waals surface area contributed by atoms with Crippen LogP contribution in [0.15, 0.2) is 60.9 Å². The highest BCUT2D eigenvalue weighted by atomic mass is 16.3. The van der Waals surface area contributed by atoms with Gasteiger partial charge < -0.3 is 10.8 Å². The van der Waals surface area contributed by atoms with E-state index in [-0.39, 0.29) is 12.6 Å².